The zero-order valence-electron chi connectivity index (χ0n) is 21.3. The van der Waals surface area contributed by atoms with Gasteiger partial charge in [0.25, 0.3) is 11.4 Å². The first kappa shape index (κ1) is 29.4. The number of nitro groups is 2. The van der Waals surface area contributed by atoms with Crippen LogP contribution < -0.4 is 0 Å². The number of nitro benzene ring substituents is 2. The zero-order valence-corrected chi connectivity index (χ0v) is 21.3. The van der Waals surface area contributed by atoms with Crippen molar-refractivity contribution in [2.45, 2.75) is 34.1 Å². The fraction of sp³-hybridized carbons (Fsp3) is 0.269. The van der Waals surface area contributed by atoms with E-state index in [1.165, 1.54) is 45.0 Å². The highest BCUT2D eigenvalue weighted by molar-refractivity contribution is 6.02. The first-order chi connectivity index (χ1) is 17.9. The van der Waals surface area contributed by atoms with Crippen LogP contribution in [0.1, 0.15) is 47.3 Å². The first-order valence-electron chi connectivity index (χ1n) is 11.4. The Kier molecular flexibility index (Phi) is 9.97. The van der Waals surface area contributed by atoms with Gasteiger partial charge in [0.05, 0.1) is 34.2 Å². The number of aryl methyl sites for hydroxylation is 2. The van der Waals surface area contributed by atoms with Crippen molar-refractivity contribution in [3.63, 3.8) is 0 Å². The Morgan fingerprint density at radius 2 is 1.29 bits per heavy atom. The largest absolute Gasteiger partial charge is 0.463 e. The van der Waals surface area contributed by atoms with Crippen LogP contribution in [0.5, 0.6) is 0 Å². The molecule has 0 heterocycles. The van der Waals surface area contributed by atoms with E-state index in [1.54, 1.807) is 6.92 Å². The van der Waals surface area contributed by atoms with E-state index in [9.17, 15) is 34.6 Å². The molecule has 0 aliphatic heterocycles. The Balaban J connectivity index is 2.76. The predicted octanol–water partition coefficient (Wildman–Crippen LogP) is 4.76. The lowest BCUT2D eigenvalue weighted by Gasteiger charge is -2.16. The van der Waals surface area contributed by atoms with E-state index in [-0.39, 0.29) is 46.9 Å². The minimum atomic E-state index is -1.09. The zero-order chi connectivity index (χ0) is 28.6. The third-order valence-corrected chi connectivity index (χ3v) is 5.25. The molecular weight excluding hydrogens is 500 g/mol. The van der Waals surface area contributed by atoms with Crippen LogP contribution in [0.4, 0.5) is 11.4 Å². The molecule has 0 fully saturated rings. The molecule has 2 aromatic carbocycles. The van der Waals surface area contributed by atoms with Crippen molar-refractivity contribution in [3.05, 3.63) is 96.6 Å². The van der Waals surface area contributed by atoms with Crippen molar-refractivity contribution >= 4 is 35.0 Å². The molecule has 0 saturated carbocycles. The Morgan fingerprint density at radius 1 is 0.816 bits per heavy atom. The van der Waals surface area contributed by atoms with Crippen molar-refractivity contribution in [1.29, 1.82) is 0 Å². The van der Waals surface area contributed by atoms with Gasteiger partial charge < -0.3 is 14.2 Å². The van der Waals surface area contributed by atoms with Crippen LogP contribution in [-0.4, -0.2) is 41.0 Å². The van der Waals surface area contributed by atoms with Crippen LogP contribution in [0, 0.1) is 34.1 Å². The van der Waals surface area contributed by atoms with E-state index in [4.69, 9.17) is 14.2 Å². The maximum absolute atomic E-state index is 13.1. The van der Waals surface area contributed by atoms with Crippen molar-refractivity contribution in [2.24, 2.45) is 0 Å². The highest BCUT2D eigenvalue weighted by Gasteiger charge is 2.28. The number of rotatable bonds is 11. The maximum atomic E-state index is 13.1. The Labute approximate surface area is 217 Å². The lowest BCUT2D eigenvalue weighted by molar-refractivity contribution is -0.385. The summed E-state index contributed by atoms with van der Waals surface area (Å²) in [4.78, 5) is 59.9. The van der Waals surface area contributed by atoms with E-state index in [0.717, 1.165) is 12.1 Å². The van der Waals surface area contributed by atoms with Crippen LogP contribution in [-0.2, 0) is 23.8 Å². The first-order valence-corrected chi connectivity index (χ1v) is 11.4. The van der Waals surface area contributed by atoms with E-state index in [2.05, 4.69) is 6.58 Å². The molecule has 0 aliphatic rings. The highest BCUT2D eigenvalue weighted by atomic mass is 16.6. The molecule has 0 N–H and O–H groups in total. The van der Waals surface area contributed by atoms with Gasteiger partial charge in [-0.2, -0.15) is 0 Å². The number of benzene rings is 2. The maximum Gasteiger partial charge on any atom is 0.343 e. The summed E-state index contributed by atoms with van der Waals surface area (Å²) in [6.07, 6.45) is -0.476. The van der Waals surface area contributed by atoms with Crippen molar-refractivity contribution in [2.75, 3.05) is 13.2 Å². The molecule has 0 atom stereocenters. The molecule has 0 aliphatic carbocycles. The molecule has 12 heteroatoms. The number of nitrogens with zero attached hydrogens (tertiary/aromatic N) is 2. The molecule has 0 amide bonds. The minimum absolute atomic E-state index is 0.0362. The predicted molar refractivity (Wildman–Crippen MR) is 135 cm³/mol. The summed E-state index contributed by atoms with van der Waals surface area (Å²) < 4.78 is 15.6. The molecule has 0 spiro atoms. The summed E-state index contributed by atoms with van der Waals surface area (Å²) in [5, 5.41) is 22.9. The summed E-state index contributed by atoms with van der Waals surface area (Å²) in [5.74, 6) is -3.32. The molecule has 0 aromatic heterocycles. The van der Waals surface area contributed by atoms with Gasteiger partial charge in [0, 0.05) is 40.8 Å². The number of carbonyl (C=O) groups excluding carboxylic acids is 3. The Hall–Kier alpha value is -4.87. The van der Waals surface area contributed by atoms with Crippen molar-refractivity contribution in [3.8, 4) is 0 Å². The van der Waals surface area contributed by atoms with Gasteiger partial charge in [-0.15, -0.1) is 0 Å². The van der Waals surface area contributed by atoms with Crippen LogP contribution in [0.15, 0.2) is 54.1 Å². The van der Waals surface area contributed by atoms with Gasteiger partial charge >= 0.3 is 17.9 Å². The number of hydrogen-bond acceptors (Lipinski definition) is 10. The Morgan fingerprint density at radius 3 is 1.79 bits per heavy atom. The van der Waals surface area contributed by atoms with Crippen molar-refractivity contribution in [1.82, 2.24) is 0 Å². The third kappa shape index (κ3) is 7.09. The van der Waals surface area contributed by atoms with Gasteiger partial charge in [0.2, 0.25) is 0 Å². The van der Waals surface area contributed by atoms with Gasteiger partial charge in [0.1, 0.15) is 5.76 Å². The average molecular weight is 526 g/mol. The second-order valence-corrected chi connectivity index (χ2v) is 7.94. The summed E-state index contributed by atoms with van der Waals surface area (Å²) >= 11 is 0. The highest BCUT2D eigenvalue weighted by Crippen LogP contribution is 2.31. The SMILES string of the molecule is C=C(C/C(C(=O)OCC)=C(/OC(=O)c1ccc(C)c([N+](=O)[O-])c1)c1ccc(C)c([N+](=O)[O-])c1)C(=O)OCC. The quantitative estimate of drug-likeness (QED) is 0.0995. The molecule has 0 radical (unpaired) electrons. The second kappa shape index (κ2) is 12.9. The lowest BCUT2D eigenvalue weighted by atomic mass is 10.00. The summed E-state index contributed by atoms with van der Waals surface area (Å²) in [7, 11) is 0. The Bertz CT molecular complexity index is 1340. The van der Waals surface area contributed by atoms with Crippen LogP contribution in [0.2, 0.25) is 0 Å². The smallest absolute Gasteiger partial charge is 0.343 e. The van der Waals surface area contributed by atoms with Gasteiger partial charge in [-0.1, -0.05) is 24.8 Å². The fourth-order valence-corrected chi connectivity index (χ4v) is 3.31. The monoisotopic (exact) mass is 526 g/mol. The van der Waals surface area contributed by atoms with E-state index in [1.807, 2.05) is 0 Å². The number of carbonyl (C=O) groups is 3. The molecule has 200 valence electrons. The molecule has 38 heavy (non-hydrogen) atoms. The van der Waals surface area contributed by atoms with Gasteiger partial charge in [-0.25, -0.2) is 14.4 Å². The van der Waals surface area contributed by atoms with Crippen LogP contribution in [0.3, 0.4) is 0 Å². The minimum Gasteiger partial charge on any atom is -0.463 e. The van der Waals surface area contributed by atoms with Crippen molar-refractivity contribution < 1.29 is 38.4 Å². The topological polar surface area (TPSA) is 165 Å². The van der Waals surface area contributed by atoms with E-state index in [0.29, 0.717) is 11.1 Å². The molecule has 0 unspecified atom stereocenters. The number of esters is 3. The summed E-state index contributed by atoms with van der Waals surface area (Å²) in [6, 6.07) is 7.53. The standard InChI is InChI=1S/C26H26N2O10/c1-6-36-24(29)17(5)12-20(26(31)37-7-2)23(18-10-8-15(3)21(13-18)27(32)33)38-25(30)19-11-9-16(4)22(14-19)28(34)35/h8-11,13-14H,5-7,12H2,1-4H3/b23-20-. The molecule has 2 rings (SSSR count). The second-order valence-electron chi connectivity index (χ2n) is 7.94. The molecule has 0 bridgehead atoms. The molecule has 2 aromatic rings. The number of hydrogen-bond donors (Lipinski definition) is 0. The van der Waals surface area contributed by atoms with Crippen LogP contribution in [0.25, 0.3) is 5.76 Å². The molecular formula is C26H26N2O10. The van der Waals surface area contributed by atoms with Gasteiger partial charge in [-0.05, 0) is 33.8 Å². The molecule has 12 nitrogen and oxygen atoms in total. The number of ether oxygens (including phenoxy) is 3. The van der Waals surface area contributed by atoms with E-state index >= 15 is 0 Å². The van der Waals surface area contributed by atoms with Gasteiger partial charge in [0.15, 0.2) is 0 Å². The van der Waals surface area contributed by atoms with Crippen LogP contribution >= 0.6 is 0 Å². The van der Waals surface area contributed by atoms with E-state index < -0.39 is 39.9 Å². The molecule has 0 saturated heterocycles. The lowest BCUT2D eigenvalue weighted by Crippen LogP contribution is -2.17. The van der Waals surface area contributed by atoms with Gasteiger partial charge in [-0.3, -0.25) is 20.2 Å². The fourth-order valence-electron chi connectivity index (χ4n) is 3.31. The summed E-state index contributed by atoms with van der Waals surface area (Å²) in [5.41, 5.74) is -0.826. The normalized spacial score (nSPS) is 11.2. The average Bonchev–Trinajstić information content (AvgIpc) is 2.86. The summed E-state index contributed by atoms with van der Waals surface area (Å²) in [6.45, 7) is 9.68. The third-order valence-electron chi connectivity index (χ3n) is 5.25.